The minimum atomic E-state index is 0. The second-order valence-electron chi connectivity index (χ2n) is 6.06. The molecule has 0 aliphatic heterocycles. The maximum Gasteiger partial charge on any atom is 0.191 e. The summed E-state index contributed by atoms with van der Waals surface area (Å²) in [4.78, 5) is 6.82. The first kappa shape index (κ1) is 21.5. The first-order chi connectivity index (χ1) is 11.6. The highest BCUT2D eigenvalue weighted by Crippen LogP contribution is 2.17. The molecule has 1 heterocycles. The molecule has 6 heteroatoms. The maximum atomic E-state index is 5.55. The molecule has 1 unspecified atom stereocenters. The van der Waals surface area contributed by atoms with Crippen LogP contribution in [-0.4, -0.2) is 38.0 Å². The molecule has 2 N–H and O–H groups in total. The fraction of sp³-hybridized carbons (Fsp3) is 0.421. The van der Waals surface area contributed by atoms with Crippen LogP contribution in [-0.2, 0) is 6.54 Å². The van der Waals surface area contributed by atoms with Crippen molar-refractivity contribution in [3.8, 4) is 0 Å². The van der Waals surface area contributed by atoms with E-state index in [2.05, 4.69) is 58.6 Å². The van der Waals surface area contributed by atoms with Crippen molar-refractivity contribution in [3.63, 3.8) is 0 Å². The number of aryl methyl sites for hydroxylation is 1. The SMILES string of the molecule is CCNC(=NCc1cccc(C)c1)NCC(c1ccco1)N(C)C.I. The predicted molar refractivity (Wildman–Crippen MR) is 115 cm³/mol. The van der Waals surface area contributed by atoms with Gasteiger partial charge in [-0.15, -0.1) is 24.0 Å². The molecule has 1 aromatic heterocycles. The zero-order valence-electron chi connectivity index (χ0n) is 15.5. The molecule has 5 nitrogen and oxygen atoms in total. The number of guanidine groups is 1. The van der Waals surface area contributed by atoms with E-state index in [-0.39, 0.29) is 30.0 Å². The van der Waals surface area contributed by atoms with E-state index in [1.807, 2.05) is 26.2 Å². The van der Waals surface area contributed by atoms with Gasteiger partial charge in [-0.25, -0.2) is 4.99 Å². The molecule has 2 rings (SSSR count). The van der Waals surface area contributed by atoms with Crippen LogP contribution in [0.4, 0.5) is 0 Å². The second kappa shape index (κ2) is 11.1. The van der Waals surface area contributed by atoms with Crippen LogP contribution in [0.3, 0.4) is 0 Å². The van der Waals surface area contributed by atoms with E-state index in [1.54, 1.807) is 6.26 Å². The summed E-state index contributed by atoms with van der Waals surface area (Å²) in [6.07, 6.45) is 1.71. The fourth-order valence-electron chi connectivity index (χ4n) is 2.53. The summed E-state index contributed by atoms with van der Waals surface area (Å²) < 4.78 is 5.55. The van der Waals surface area contributed by atoms with E-state index < -0.39 is 0 Å². The Morgan fingerprint density at radius 3 is 2.60 bits per heavy atom. The highest BCUT2D eigenvalue weighted by molar-refractivity contribution is 14.0. The molecule has 138 valence electrons. The highest BCUT2D eigenvalue weighted by atomic mass is 127. The molecule has 0 fully saturated rings. The number of nitrogens with one attached hydrogen (secondary N) is 2. The van der Waals surface area contributed by atoms with Crippen LogP contribution < -0.4 is 10.6 Å². The number of likely N-dealkylation sites (N-methyl/N-ethyl adjacent to an activating group) is 1. The molecule has 0 spiro atoms. The van der Waals surface area contributed by atoms with Crippen LogP contribution in [0.15, 0.2) is 52.1 Å². The lowest BCUT2D eigenvalue weighted by Crippen LogP contribution is -2.41. The third-order valence-corrected chi connectivity index (χ3v) is 3.80. The van der Waals surface area contributed by atoms with Crippen molar-refractivity contribution in [1.82, 2.24) is 15.5 Å². The number of rotatable bonds is 7. The van der Waals surface area contributed by atoms with Crippen LogP contribution in [0.2, 0.25) is 0 Å². The van der Waals surface area contributed by atoms with Crippen LogP contribution >= 0.6 is 24.0 Å². The van der Waals surface area contributed by atoms with Gasteiger partial charge in [-0.05, 0) is 45.6 Å². The normalized spacial score (nSPS) is 12.6. The van der Waals surface area contributed by atoms with E-state index in [0.717, 1.165) is 24.8 Å². The third-order valence-electron chi connectivity index (χ3n) is 3.80. The summed E-state index contributed by atoms with van der Waals surface area (Å²) in [5, 5.41) is 6.71. The monoisotopic (exact) mass is 456 g/mol. The molecule has 0 amide bonds. The van der Waals surface area contributed by atoms with Gasteiger partial charge in [0.05, 0.1) is 18.8 Å². The number of hydrogen-bond donors (Lipinski definition) is 2. The molecule has 25 heavy (non-hydrogen) atoms. The van der Waals surface area contributed by atoms with Gasteiger partial charge < -0.3 is 15.1 Å². The molecule has 0 saturated heterocycles. The zero-order valence-corrected chi connectivity index (χ0v) is 17.8. The molecule has 0 saturated carbocycles. The first-order valence-corrected chi connectivity index (χ1v) is 8.37. The fourth-order valence-corrected chi connectivity index (χ4v) is 2.53. The van der Waals surface area contributed by atoms with Gasteiger partial charge in [0.25, 0.3) is 0 Å². The van der Waals surface area contributed by atoms with Crippen molar-refractivity contribution < 1.29 is 4.42 Å². The Balaban J connectivity index is 0.00000312. The lowest BCUT2D eigenvalue weighted by molar-refractivity contribution is 0.258. The van der Waals surface area contributed by atoms with Gasteiger partial charge >= 0.3 is 0 Å². The van der Waals surface area contributed by atoms with E-state index >= 15 is 0 Å². The van der Waals surface area contributed by atoms with Crippen molar-refractivity contribution in [2.24, 2.45) is 4.99 Å². The summed E-state index contributed by atoms with van der Waals surface area (Å²) in [7, 11) is 4.09. The van der Waals surface area contributed by atoms with Crippen LogP contribution in [0.25, 0.3) is 0 Å². The average molecular weight is 456 g/mol. The number of furan rings is 1. The number of nitrogens with zero attached hydrogens (tertiary/aromatic N) is 2. The van der Waals surface area contributed by atoms with Crippen molar-refractivity contribution >= 4 is 29.9 Å². The Labute approximate surface area is 167 Å². The lowest BCUT2D eigenvalue weighted by atomic mass is 10.1. The minimum Gasteiger partial charge on any atom is -0.468 e. The Bertz CT molecular complexity index is 641. The zero-order chi connectivity index (χ0) is 17.4. The minimum absolute atomic E-state index is 0. The maximum absolute atomic E-state index is 5.55. The largest absolute Gasteiger partial charge is 0.468 e. The quantitative estimate of drug-likeness (QED) is 0.380. The molecule has 1 aromatic carbocycles. The van der Waals surface area contributed by atoms with Crippen LogP contribution in [0, 0.1) is 6.92 Å². The molecule has 0 aliphatic rings. The van der Waals surface area contributed by atoms with Gasteiger partial charge in [-0.1, -0.05) is 29.8 Å². The van der Waals surface area contributed by atoms with E-state index in [1.165, 1.54) is 11.1 Å². The molecular formula is C19H29IN4O. The first-order valence-electron chi connectivity index (χ1n) is 8.37. The van der Waals surface area contributed by atoms with Crippen LogP contribution in [0.5, 0.6) is 0 Å². The van der Waals surface area contributed by atoms with Crippen molar-refractivity contribution in [3.05, 3.63) is 59.5 Å². The second-order valence-corrected chi connectivity index (χ2v) is 6.06. The van der Waals surface area contributed by atoms with Gasteiger partial charge in [0, 0.05) is 13.1 Å². The smallest absolute Gasteiger partial charge is 0.191 e. The molecule has 0 aliphatic carbocycles. The third kappa shape index (κ3) is 7.07. The highest BCUT2D eigenvalue weighted by Gasteiger charge is 2.17. The topological polar surface area (TPSA) is 52.8 Å². The van der Waals surface area contributed by atoms with E-state index in [4.69, 9.17) is 4.42 Å². The summed E-state index contributed by atoms with van der Waals surface area (Å²) in [6, 6.07) is 12.5. The van der Waals surface area contributed by atoms with Crippen molar-refractivity contribution in [2.75, 3.05) is 27.2 Å². The molecule has 0 bridgehead atoms. The molecular weight excluding hydrogens is 427 g/mol. The molecule has 1 atom stereocenters. The van der Waals surface area contributed by atoms with Gasteiger partial charge in [0.2, 0.25) is 0 Å². The van der Waals surface area contributed by atoms with Crippen molar-refractivity contribution in [1.29, 1.82) is 0 Å². The van der Waals surface area contributed by atoms with E-state index in [0.29, 0.717) is 6.54 Å². The predicted octanol–water partition coefficient (Wildman–Crippen LogP) is 3.56. The van der Waals surface area contributed by atoms with Gasteiger partial charge in [-0.2, -0.15) is 0 Å². The summed E-state index contributed by atoms with van der Waals surface area (Å²) in [6.45, 7) is 6.37. The number of benzene rings is 1. The summed E-state index contributed by atoms with van der Waals surface area (Å²) in [5.74, 6) is 1.76. The average Bonchev–Trinajstić information content (AvgIpc) is 3.06. The Morgan fingerprint density at radius 1 is 1.20 bits per heavy atom. The Kier molecular flexibility index (Phi) is 9.59. The van der Waals surface area contributed by atoms with Gasteiger partial charge in [0.1, 0.15) is 5.76 Å². The standard InChI is InChI=1S/C19H28N4O.HI/c1-5-20-19(21-13-16-9-6-8-15(2)12-16)22-14-17(23(3)4)18-10-7-11-24-18;/h6-12,17H,5,13-14H2,1-4H3,(H2,20,21,22);1H. The Morgan fingerprint density at radius 2 is 2.00 bits per heavy atom. The number of halogens is 1. The van der Waals surface area contributed by atoms with Gasteiger partial charge in [-0.3, -0.25) is 4.90 Å². The van der Waals surface area contributed by atoms with Crippen LogP contribution in [0.1, 0.15) is 29.9 Å². The van der Waals surface area contributed by atoms with Crippen molar-refractivity contribution in [2.45, 2.75) is 26.4 Å². The molecule has 2 aromatic rings. The Hall–Kier alpha value is -1.54. The molecule has 0 radical (unpaired) electrons. The summed E-state index contributed by atoms with van der Waals surface area (Å²) in [5.41, 5.74) is 2.47. The number of aliphatic imine (C=N–C) groups is 1. The van der Waals surface area contributed by atoms with Gasteiger partial charge in [0.15, 0.2) is 5.96 Å². The number of hydrogen-bond acceptors (Lipinski definition) is 3. The van der Waals surface area contributed by atoms with E-state index in [9.17, 15) is 0 Å². The summed E-state index contributed by atoms with van der Waals surface area (Å²) >= 11 is 0. The lowest BCUT2D eigenvalue weighted by Gasteiger charge is -2.23.